The fourth-order valence-corrected chi connectivity index (χ4v) is 6.16. The zero-order valence-corrected chi connectivity index (χ0v) is 15.2. The number of aryl methyl sites for hydroxylation is 1. The Labute approximate surface area is 145 Å². The molecule has 4 atom stereocenters. The average Bonchev–Trinajstić information content (AvgIpc) is 2.92. The van der Waals surface area contributed by atoms with E-state index in [1.807, 2.05) is 13.0 Å². The van der Waals surface area contributed by atoms with Gasteiger partial charge >= 0.3 is 0 Å². The number of rotatable bonds is 2. The van der Waals surface area contributed by atoms with Crippen molar-refractivity contribution < 1.29 is 9.13 Å². The van der Waals surface area contributed by atoms with Gasteiger partial charge in [0.15, 0.2) is 11.6 Å². The normalized spacial score (nSPS) is 36.2. The van der Waals surface area contributed by atoms with Crippen LogP contribution < -0.4 is 4.74 Å². The number of hydrogen-bond acceptors (Lipinski definition) is 1. The molecule has 0 spiro atoms. The highest BCUT2D eigenvalue weighted by molar-refractivity contribution is 5.42. The Bertz CT molecular complexity index is 677. The van der Waals surface area contributed by atoms with Crippen LogP contribution in [-0.2, 0) is 6.42 Å². The van der Waals surface area contributed by atoms with Crippen LogP contribution in [-0.4, -0.2) is 6.61 Å². The van der Waals surface area contributed by atoms with E-state index in [2.05, 4.69) is 19.9 Å². The lowest BCUT2D eigenvalue weighted by Gasteiger charge is -2.49. The first-order chi connectivity index (χ1) is 11.6. The number of hydrogen-bond donors (Lipinski definition) is 0. The van der Waals surface area contributed by atoms with Crippen molar-refractivity contribution in [1.29, 1.82) is 0 Å². The maximum Gasteiger partial charge on any atom is 0.165 e. The molecule has 1 aromatic carbocycles. The van der Waals surface area contributed by atoms with E-state index in [1.165, 1.54) is 43.2 Å². The van der Waals surface area contributed by atoms with Crippen LogP contribution in [0.2, 0.25) is 0 Å². The summed E-state index contributed by atoms with van der Waals surface area (Å²) in [7, 11) is 0. The minimum Gasteiger partial charge on any atom is -0.491 e. The third-order valence-corrected chi connectivity index (χ3v) is 7.27. The highest BCUT2D eigenvalue weighted by Gasteiger charge is 2.52. The van der Waals surface area contributed by atoms with E-state index in [4.69, 9.17) is 4.74 Å². The molecule has 3 unspecified atom stereocenters. The van der Waals surface area contributed by atoms with E-state index in [0.29, 0.717) is 23.7 Å². The highest BCUT2D eigenvalue weighted by atomic mass is 19.1. The van der Waals surface area contributed by atoms with Crippen molar-refractivity contribution in [3.8, 4) is 5.75 Å². The smallest absolute Gasteiger partial charge is 0.165 e. The van der Waals surface area contributed by atoms with Gasteiger partial charge in [-0.1, -0.05) is 18.6 Å². The van der Waals surface area contributed by atoms with Gasteiger partial charge in [-0.05, 0) is 98.8 Å². The summed E-state index contributed by atoms with van der Waals surface area (Å²) in [5.74, 6) is 2.42. The van der Waals surface area contributed by atoms with Gasteiger partial charge < -0.3 is 4.74 Å². The Morgan fingerprint density at radius 2 is 2.08 bits per heavy atom. The third-order valence-electron chi connectivity index (χ3n) is 7.27. The summed E-state index contributed by atoms with van der Waals surface area (Å²) in [6.07, 6.45) is 9.76. The first-order valence-corrected chi connectivity index (χ1v) is 9.69. The predicted molar refractivity (Wildman–Crippen MR) is 95.9 cm³/mol. The number of allylic oxidation sites excluding steroid dienone is 2. The first-order valence-electron chi connectivity index (χ1n) is 9.69. The van der Waals surface area contributed by atoms with Crippen molar-refractivity contribution >= 4 is 0 Å². The van der Waals surface area contributed by atoms with Gasteiger partial charge in [-0.2, -0.15) is 0 Å². The Balaban J connectivity index is 1.70. The van der Waals surface area contributed by atoms with Gasteiger partial charge in [0.25, 0.3) is 0 Å². The molecule has 4 rings (SSSR count). The summed E-state index contributed by atoms with van der Waals surface area (Å²) >= 11 is 0. The molecule has 0 bridgehead atoms. The fraction of sp³-hybridized carbons (Fsp3) is 0.636. The first kappa shape index (κ1) is 16.2. The zero-order valence-electron chi connectivity index (χ0n) is 15.2. The third kappa shape index (κ3) is 2.25. The molecule has 0 saturated heterocycles. The second-order valence-corrected chi connectivity index (χ2v) is 8.14. The second-order valence-electron chi connectivity index (χ2n) is 8.14. The number of benzene rings is 1. The Hall–Kier alpha value is -1.31. The lowest BCUT2D eigenvalue weighted by molar-refractivity contribution is 0.0811. The van der Waals surface area contributed by atoms with E-state index in [0.717, 1.165) is 18.3 Å². The number of fused-ring (bicyclic) bond motifs is 5. The molecule has 3 aliphatic rings. The van der Waals surface area contributed by atoms with E-state index in [1.54, 1.807) is 11.6 Å². The van der Waals surface area contributed by atoms with Gasteiger partial charge in [0.05, 0.1) is 6.61 Å². The summed E-state index contributed by atoms with van der Waals surface area (Å²) in [4.78, 5) is 0. The van der Waals surface area contributed by atoms with Crippen LogP contribution in [0.15, 0.2) is 23.8 Å². The van der Waals surface area contributed by atoms with E-state index in [9.17, 15) is 4.39 Å². The second kappa shape index (κ2) is 5.89. The quantitative estimate of drug-likeness (QED) is 0.603. The Morgan fingerprint density at radius 1 is 1.25 bits per heavy atom. The Kier molecular flexibility index (Phi) is 3.97. The highest BCUT2D eigenvalue weighted by Crippen LogP contribution is 2.62. The standard InChI is InChI=1S/C22H29FO/c1-4-15-7-9-19-17-8-6-14-12-20(23)21(24-5-2)13-18(14)16(17)10-11-22(15,19)3/h4,12-13,16-17,19H,5-11H2,1-3H3/b15-4-/t16?,17?,19?,22-/m1/s1. The Morgan fingerprint density at radius 3 is 2.83 bits per heavy atom. The summed E-state index contributed by atoms with van der Waals surface area (Å²) < 4.78 is 19.8. The summed E-state index contributed by atoms with van der Waals surface area (Å²) in [5, 5.41) is 0. The maximum absolute atomic E-state index is 14.2. The molecule has 0 amide bonds. The van der Waals surface area contributed by atoms with Crippen molar-refractivity contribution in [3.05, 3.63) is 40.7 Å². The topological polar surface area (TPSA) is 9.23 Å². The SMILES string of the molecule is C/C=C1/CCC2C3CCc4cc(F)c(OCC)cc4C3CC[C@]12C. The summed E-state index contributed by atoms with van der Waals surface area (Å²) in [6.45, 7) is 7.16. The van der Waals surface area contributed by atoms with Crippen molar-refractivity contribution in [2.75, 3.05) is 6.61 Å². The molecule has 2 heteroatoms. The molecule has 2 fully saturated rings. The summed E-state index contributed by atoms with van der Waals surface area (Å²) in [6, 6.07) is 3.77. The molecule has 0 heterocycles. The lowest BCUT2D eigenvalue weighted by Crippen LogP contribution is -2.40. The van der Waals surface area contributed by atoms with E-state index >= 15 is 0 Å². The van der Waals surface area contributed by atoms with Gasteiger partial charge in [-0.15, -0.1) is 0 Å². The van der Waals surface area contributed by atoms with Crippen molar-refractivity contribution in [2.45, 2.75) is 65.2 Å². The fourth-order valence-electron chi connectivity index (χ4n) is 6.16. The van der Waals surface area contributed by atoms with Gasteiger partial charge in [0, 0.05) is 0 Å². The van der Waals surface area contributed by atoms with Gasteiger partial charge in [-0.3, -0.25) is 0 Å². The van der Waals surface area contributed by atoms with Gasteiger partial charge in [0.2, 0.25) is 0 Å². The molecule has 3 aliphatic carbocycles. The minimum atomic E-state index is -0.188. The van der Waals surface area contributed by atoms with Crippen molar-refractivity contribution in [2.24, 2.45) is 17.3 Å². The molecule has 0 N–H and O–H groups in total. The molecular weight excluding hydrogens is 299 g/mol. The average molecular weight is 328 g/mol. The van der Waals surface area contributed by atoms with Crippen molar-refractivity contribution in [1.82, 2.24) is 0 Å². The van der Waals surface area contributed by atoms with Crippen LogP contribution in [0.25, 0.3) is 0 Å². The van der Waals surface area contributed by atoms with E-state index in [-0.39, 0.29) is 5.82 Å². The minimum absolute atomic E-state index is 0.188. The molecule has 130 valence electrons. The van der Waals surface area contributed by atoms with Crippen LogP contribution in [0, 0.1) is 23.1 Å². The molecule has 1 nitrogen and oxygen atoms in total. The molecule has 0 aliphatic heterocycles. The van der Waals surface area contributed by atoms with Gasteiger partial charge in [0.1, 0.15) is 0 Å². The molecule has 24 heavy (non-hydrogen) atoms. The van der Waals surface area contributed by atoms with Crippen LogP contribution in [0.1, 0.15) is 69.9 Å². The predicted octanol–water partition coefficient (Wildman–Crippen LogP) is 6.03. The van der Waals surface area contributed by atoms with Crippen LogP contribution >= 0.6 is 0 Å². The molecule has 2 saturated carbocycles. The zero-order chi connectivity index (χ0) is 16.9. The van der Waals surface area contributed by atoms with Crippen molar-refractivity contribution in [3.63, 3.8) is 0 Å². The summed E-state index contributed by atoms with van der Waals surface area (Å²) in [5.41, 5.74) is 4.71. The van der Waals surface area contributed by atoms with Gasteiger partial charge in [-0.25, -0.2) is 4.39 Å². The maximum atomic E-state index is 14.2. The molecule has 0 aromatic heterocycles. The molecular formula is C22H29FO. The lowest BCUT2D eigenvalue weighted by atomic mass is 9.55. The van der Waals surface area contributed by atoms with Crippen LogP contribution in [0.4, 0.5) is 4.39 Å². The number of halogens is 1. The monoisotopic (exact) mass is 328 g/mol. The number of ether oxygens (including phenoxy) is 1. The van der Waals surface area contributed by atoms with Crippen LogP contribution in [0.3, 0.4) is 0 Å². The van der Waals surface area contributed by atoms with E-state index < -0.39 is 0 Å². The molecule has 1 aromatic rings. The largest absolute Gasteiger partial charge is 0.491 e. The molecule has 0 radical (unpaired) electrons. The van der Waals surface area contributed by atoms with Crippen LogP contribution in [0.5, 0.6) is 5.75 Å².